The largest absolute Gasteiger partial charge is 0.441 e. The number of hydrogen-bond donors (Lipinski definition) is 1. The normalized spacial score (nSPS) is 15.9. The van der Waals surface area contributed by atoms with Gasteiger partial charge in [-0.05, 0) is 17.8 Å². The third kappa shape index (κ3) is 6.87. The summed E-state index contributed by atoms with van der Waals surface area (Å²) in [6.07, 6.45) is 3.40. The predicted octanol–water partition coefficient (Wildman–Crippen LogP) is 2.05. The summed E-state index contributed by atoms with van der Waals surface area (Å²) in [6.45, 7) is 3.12. The van der Waals surface area contributed by atoms with Gasteiger partial charge in [-0.25, -0.2) is 9.97 Å². The van der Waals surface area contributed by atoms with Gasteiger partial charge in [0.15, 0.2) is 5.96 Å². The van der Waals surface area contributed by atoms with E-state index in [0.717, 1.165) is 13.1 Å². The first-order valence-corrected chi connectivity index (χ1v) is 8.16. The van der Waals surface area contributed by atoms with Crippen LogP contribution in [0.5, 0.6) is 0 Å². The first kappa shape index (κ1) is 21.1. The molecule has 1 fully saturated rings. The van der Waals surface area contributed by atoms with Crippen molar-refractivity contribution in [2.75, 3.05) is 50.4 Å². The topological polar surface area (TPSA) is 56.7 Å². The highest BCUT2D eigenvalue weighted by Gasteiger charge is 2.27. The van der Waals surface area contributed by atoms with Crippen LogP contribution in [0.3, 0.4) is 0 Å². The van der Waals surface area contributed by atoms with E-state index in [1.165, 1.54) is 0 Å². The highest BCUT2D eigenvalue weighted by Crippen LogP contribution is 2.29. The molecule has 0 radical (unpaired) electrons. The summed E-state index contributed by atoms with van der Waals surface area (Å²) in [4.78, 5) is 16.7. The molecule has 1 aliphatic rings. The Kier molecular flexibility index (Phi) is 8.87. The van der Waals surface area contributed by atoms with E-state index >= 15 is 0 Å². The van der Waals surface area contributed by atoms with Gasteiger partial charge in [0, 0.05) is 57.9 Å². The Morgan fingerprint density at radius 1 is 1.25 bits per heavy atom. The molecule has 0 atom stereocenters. The van der Waals surface area contributed by atoms with Crippen molar-refractivity contribution in [1.82, 2.24) is 20.2 Å². The molecule has 1 aliphatic heterocycles. The molecule has 1 saturated heterocycles. The van der Waals surface area contributed by atoms with Crippen molar-refractivity contribution in [1.29, 1.82) is 0 Å². The van der Waals surface area contributed by atoms with Gasteiger partial charge in [0.25, 0.3) is 0 Å². The molecule has 2 heterocycles. The third-order valence-corrected chi connectivity index (χ3v) is 4.01. The van der Waals surface area contributed by atoms with Gasteiger partial charge in [-0.15, -0.1) is 24.0 Å². The summed E-state index contributed by atoms with van der Waals surface area (Å²) in [5.74, 6) is 1.28. The lowest BCUT2D eigenvalue weighted by atomic mass is 10.3. The number of guanidine groups is 1. The molecule has 1 aromatic heterocycles. The standard InChI is InChI=1S/C13H19F3N6S.HI/c1-17-11(20-5-10-23-13(14,15)16)21-6-8-22(9-7-21)12-18-3-2-4-19-12;/h2-4H,5-10H2,1H3,(H,17,20);1H. The Morgan fingerprint density at radius 3 is 2.42 bits per heavy atom. The lowest BCUT2D eigenvalue weighted by Crippen LogP contribution is -2.53. The number of nitrogens with zero attached hydrogens (tertiary/aromatic N) is 5. The Balaban J connectivity index is 0.00000288. The molecule has 0 saturated carbocycles. The van der Waals surface area contributed by atoms with E-state index in [0.29, 0.717) is 25.0 Å². The lowest BCUT2D eigenvalue weighted by molar-refractivity contribution is -0.0327. The minimum atomic E-state index is -4.19. The fourth-order valence-corrected chi connectivity index (χ4v) is 2.67. The van der Waals surface area contributed by atoms with Crippen LogP contribution in [0.4, 0.5) is 19.1 Å². The lowest BCUT2D eigenvalue weighted by Gasteiger charge is -2.36. The minimum Gasteiger partial charge on any atom is -0.355 e. The molecule has 1 aromatic rings. The average Bonchev–Trinajstić information content (AvgIpc) is 2.55. The zero-order chi connectivity index (χ0) is 16.7. The van der Waals surface area contributed by atoms with Crippen LogP contribution in [0, 0.1) is 0 Å². The first-order valence-electron chi connectivity index (χ1n) is 7.18. The molecular weight excluding hydrogens is 456 g/mol. The maximum atomic E-state index is 12.1. The number of alkyl halides is 3. The molecule has 1 N–H and O–H groups in total. The maximum Gasteiger partial charge on any atom is 0.441 e. The monoisotopic (exact) mass is 476 g/mol. The highest BCUT2D eigenvalue weighted by atomic mass is 127. The second kappa shape index (κ2) is 10.1. The number of nitrogens with one attached hydrogen (secondary N) is 1. The number of hydrogen-bond acceptors (Lipinski definition) is 5. The molecule has 6 nitrogen and oxygen atoms in total. The van der Waals surface area contributed by atoms with Crippen LogP contribution in [0.1, 0.15) is 0 Å². The summed E-state index contributed by atoms with van der Waals surface area (Å²) < 4.78 is 36.3. The second-order valence-electron chi connectivity index (χ2n) is 4.79. The summed E-state index contributed by atoms with van der Waals surface area (Å²) >= 11 is -0.0304. The van der Waals surface area contributed by atoms with Crippen LogP contribution in [0.2, 0.25) is 0 Å². The second-order valence-corrected chi connectivity index (χ2v) is 5.95. The fourth-order valence-electron chi connectivity index (χ4n) is 2.23. The Bertz CT molecular complexity index is 508. The number of anilines is 1. The first-order chi connectivity index (χ1) is 11.0. The average molecular weight is 476 g/mol. The fraction of sp³-hybridized carbons (Fsp3) is 0.615. The van der Waals surface area contributed by atoms with Crippen molar-refractivity contribution >= 4 is 47.6 Å². The molecular formula is C13H20F3IN6S. The van der Waals surface area contributed by atoms with Crippen LogP contribution >= 0.6 is 35.7 Å². The molecule has 0 aromatic carbocycles. The summed E-state index contributed by atoms with van der Waals surface area (Å²) in [6, 6.07) is 1.77. The van der Waals surface area contributed by atoms with E-state index < -0.39 is 5.51 Å². The van der Waals surface area contributed by atoms with Crippen LogP contribution in [-0.2, 0) is 0 Å². The molecule has 136 valence electrons. The third-order valence-electron chi connectivity index (χ3n) is 3.28. The van der Waals surface area contributed by atoms with Crippen LogP contribution in [0.15, 0.2) is 23.5 Å². The van der Waals surface area contributed by atoms with Gasteiger partial charge in [0.2, 0.25) is 5.95 Å². The van der Waals surface area contributed by atoms with Crippen molar-refractivity contribution in [3.8, 4) is 0 Å². The number of piperazine rings is 1. The van der Waals surface area contributed by atoms with Gasteiger partial charge in [-0.1, -0.05) is 0 Å². The maximum absolute atomic E-state index is 12.1. The Labute approximate surface area is 160 Å². The van der Waals surface area contributed by atoms with Gasteiger partial charge in [-0.2, -0.15) is 13.2 Å². The van der Waals surface area contributed by atoms with Crippen molar-refractivity contribution < 1.29 is 13.2 Å². The molecule has 2 rings (SSSR count). The number of rotatable bonds is 4. The number of halogens is 4. The van der Waals surface area contributed by atoms with Gasteiger partial charge in [0.1, 0.15) is 0 Å². The zero-order valence-electron chi connectivity index (χ0n) is 13.2. The van der Waals surface area contributed by atoms with Crippen molar-refractivity contribution in [2.45, 2.75) is 5.51 Å². The number of aromatic nitrogens is 2. The number of thioether (sulfide) groups is 1. The quantitative estimate of drug-likeness (QED) is 0.311. The van der Waals surface area contributed by atoms with E-state index in [4.69, 9.17) is 0 Å². The summed E-state index contributed by atoms with van der Waals surface area (Å²) in [7, 11) is 1.63. The van der Waals surface area contributed by atoms with Gasteiger partial charge in [0.05, 0.1) is 0 Å². The molecule has 0 amide bonds. The van der Waals surface area contributed by atoms with E-state index in [-0.39, 0.29) is 48.0 Å². The van der Waals surface area contributed by atoms with Crippen LogP contribution in [0.25, 0.3) is 0 Å². The van der Waals surface area contributed by atoms with Crippen LogP contribution < -0.4 is 10.2 Å². The highest BCUT2D eigenvalue weighted by molar-refractivity contribution is 14.0. The smallest absolute Gasteiger partial charge is 0.355 e. The molecule has 24 heavy (non-hydrogen) atoms. The van der Waals surface area contributed by atoms with Gasteiger partial charge in [-0.3, -0.25) is 4.99 Å². The Hall–Kier alpha value is -0.980. The van der Waals surface area contributed by atoms with Crippen molar-refractivity contribution in [2.24, 2.45) is 4.99 Å². The van der Waals surface area contributed by atoms with Gasteiger partial charge < -0.3 is 15.1 Å². The SMILES string of the molecule is CN=C(NCCSC(F)(F)F)N1CCN(c2ncccn2)CC1.I. The summed E-state index contributed by atoms with van der Waals surface area (Å²) in [5.41, 5.74) is -4.19. The van der Waals surface area contributed by atoms with Crippen molar-refractivity contribution in [3.63, 3.8) is 0 Å². The zero-order valence-corrected chi connectivity index (χ0v) is 16.3. The molecule has 0 aliphatic carbocycles. The van der Waals surface area contributed by atoms with E-state index in [9.17, 15) is 13.2 Å². The molecule has 0 spiro atoms. The molecule has 11 heteroatoms. The van der Waals surface area contributed by atoms with E-state index in [1.807, 2.05) is 4.90 Å². The van der Waals surface area contributed by atoms with E-state index in [1.54, 1.807) is 25.5 Å². The van der Waals surface area contributed by atoms with Crippen molar-refractivity contribution in [3.05, 3.63) is 18.5 Å². The summed E-state index contributed by atoms with van der Waals surface area (Å²) in [5, 5.41) is 2.97. The molecule has 0 unspecified atom stereocenters. The van der Waals surface area contributed by atoms with Gasteiger partial charge >= 0.3 is 5.51 Å². The minimum absolute atomic E-state index is 0. The molecule has 0 bridgehead atoms. The van der Waals surface area contributed by atoms with Crippen LogP contribution in [-0.4, -0.2) is 71.9 Å². The van der Waals surface area contributed by atoms with E-state index in [2.05, 4.69) is 25.2 Å². The Morgan fingerprint density at radius 2 is 1.88 bits per heavy atom. The predicted molar refractivity (Wildman–Crippen MR) is 101 cm³/mol. The number of aliphatic imine (C=N–C) groups is 1.